The molecule has 2 amide bonds. The van der Waals surface area contributed by atoms with Gasteiger partial charge < -0.3 is 19.4 Å². The number of nitrogens with zero attached hydrogens (tertiary/aromatic N) is 3. The van der Waals surface area contributed by atoms with E-state index >= 15 is 0 Å². The van der Waals surface area contributed by atoms with E-state index in [0.29, 0.717) is 18.1 Å². The van der Waals surface area contributed by atoms with Crippen molar-refractivity contribution in [1.82, 2.24) is 14.7 Å². The highest BCUT2D eigenvalue weighted by Crippen LogP contribution is 2.38. The number of carbonyl (C=O) groups excluding carboxylic acids is 2. The highest BCUT2D eigenvalue weighted by molar-refractivity contribution is 6.30. The Morgan fingerprint density at radius 2 is 1.67 bits per heavy atom. The van der Waals surface area contributed by atoms with Crippen molar-refractivity contribution in [3.63, 3.8) is 0 Å². The smallest absolute Gasteiger partial charge is 0.419 e. The Morgan fingerprint density at radius 3 is 2.24 bits per heavy atom. The lowest BCUT2D eigenvalue weighted by molar-refractivity contribution is -0.139. The lowest BCUT2D eigenvalue weighted by Crippen LogP contribution is -2.44. The number of likely N-dealkylation sites (tertiary alicyclic amines) is 2. The molecule has 2 heterocycles. The molecular weight excluding hydrogens is 567 g/mol. The zero-order valence-electron chi connectivity index (χ0n) is 25.0. The zero-order valence-corrected chi connectivity index (χ0v) is 25.8. The molecule has 4 rings (SSSR count). The average molecular weight is 608 g/mol. The molecule has 0 radical (unpaired) electrons. The summed E-state index contributed by atoms with van der Waals surface area (Å²) in [5, 5.41) is 0.571. The molecular formula is C32H41ClF3N3O3. The predicted molar refractivity (Wildman–Crippen MR) is 158 cm³/mol. The molecule has 230 valence electrons. The monoisotopic (exact) mass is 607 g/mol. The van der Waals surface area contributed by atoms with Gasteiger partial charge in [0.25, 0.3) is 5.91 Å². The van der Waals surface area contributed by atoms with E-state index in [1.807, 2.05) is 17.0 Å². The van der Waals surface area contributed by atoms with Crippen molar-refractivity contribution >= 4 is 23.4 Å². The second-order valence-corrected chi connectivity index (χ2v) is 13.2. The van der Waals surface area contributed by atoms with Crippen LogP contribution in [0.15, 0.2) is 42.5 Å². The topological polar surface area (TPSA) is 53.1 Å². The van der Waals surface area contributed by atoms with Crippen LogP contribution in [0.5, 0.6) is 5.75 Å². The Kier molecular flexibility index (Phi) is 9.82. The molecule has 0 N–H and O–H groups in total. The molecule has 2 aromatic rings. The van der Waals surface area contributed by atoms with Gasteiger partial charge in [-0.15, -0.1) is 0 Å². The third-order valence-corrected chi connectivity index (χ3v) is 8.84. The van der Waals surface area contributed by atoms with Gasteiger partial charge in [-0.1, -0.05) is 44.5 Å². The van der Waals surface area contributed by atoms with Gasteiger partial charge in [-0.25, -0.2) is 0 Å². The summed E-state index contributed by atoms with van der Waals surface area (Å²) in [6, 6.07) is 10.2. The Morgan fingerprint density at radius 1 is 1.02 bits per heavy atom. The molecule has 2 saturated heterocycles. The SMILES string of the molecule is COc1ccc(C(=O)N(C)[C@@H]2CN(C(=O)C3CCN(CCC(C)(C)C)CC3)C[C@H]2c2ccc(Cl)cc2)cc1C(F)(F)F. The Balaban J connectivity index is 1.52. The molecule has 10 heteroatoms. The van der Waals surface area contributed by atoms with Gasteiger partial charge in [-0.3, -0.25) is 9.59 Å². The zero-order chi connectivity index (χ0) is 30.8. The van der Waals surface area contributed by atoms with Gasteiger partial charge in [0.15, 0.2) is 0 Å². The molecule has 0 saturated carbocycles. The largest absolute Gasteiger partial charge is 0.496 e. The van der Waals surface area contributed by atoms with Gasteiger partial charge in [0.1, 0.15) is 5.75 Å². The first kappa shape index (κ1) is 32.1. The second kappa shape index (κ2) is 12.8. The lowest BCUT2D eigenvalue weighted by atomic mass is 9.90. The number of ether oxygens (including phenoxy) is 1. The van der Waals surface area contributed by atoms with E-state index in [4.69, 9.17) is 16.3 Å². The van der Waals surface area contributed by atoms with Crippen molar-refractivity contribution in [3.8, 4) is 5.75 Å². The molecule has 0 unspecified atom stereocenters. The molecule has 2 atom stereocenters. The van der Waals surface area contributed by atoms with Crippen LogP contribution in [0, 0.1) is 11.3 Å². The number of halogens is 4. The van der Waals surface area contributed by atoms with Crippen LogP contribution < -0.4 is 4.74 Å². The second-order valence-electron chi connectivity index (χ2n) is 12.7. The number of hydrogen-bond donors (Lipinski definition) is 0. The third-order valence-electron chi connectivity index (χ3n) is 8.58. The number of rotatable bonds is 7. The standard InChI is InChI=1S/C32H41ClF3N3O3/c1-31(2,3)14-17-38-15-12-22(13-16-38)30(41)39-19-25(21-6-9-24(33)10-7-21)27(20-39)37(4)29(40)23-8-11-28(42-5)26(18-23)32(34,35)36/h6-11,18,22,25,27H,12-17,19-20H2,1-5H3/t25-,27+/m0/s1. The number of piperidine rings is 1. The van der Waals surface area contributed by atoms with Crippen molar-refractivity contribution in [2.24, 2.45) is 11.3 Å². The summed E-state index contributed by atoms with van der Waals surface area (Å²) < 4.78 is 45.9. The quantitative estimate of drug-likeness (QED) is 0.357. The van der Waals surface area contributed by atoms with E-state index in [9.17, 15) is 22.8 Å². The summed E-state index contributed by atoms with van der Waals surface area (Å²) in [4.78, 5) is 33.0. The molecule has 0 bridgehead atoms. The first-order valence-corrected chi connectivity index (χ1v) is 14.8. The van der Waals surface area contributed by atoms with Crippen LogP contribution in [0.3, 0.4) is 0 Å². The highest BCUT2D eigenvalue weighted by Gasteiger charge is 2.43. The van der Waals surface area contributed by atoms with E-state index < -0.39 is 23.7 Å². The minimum atomic E-state index is -4.68. The van der Waals surface area contributed by atoms with Gasteiger partial charge in [0.2, 0.25) is 5.91 Å². The van der Waals surface area contributed by atoms with Crippen LogP contribution in [0.1, 0.15) is 67.4 Å². The van der Waals surface area contributed by atoms with E-state index in [1.54, 1.807) is 19.2 Å². The maximum absolute atomic E-state index is 13.7. The van der Waals surface area contributed by atoms with Crippen LogP contribution >= 0.6 is 11.6 Å². The predicted octanol–water partition coefficient (Wildman–Crippen LogP) is 6.58. The number of likely N-dealkylation sites (N-methyl/N-ethyl adjacent to an activating group) is 1. The summed E-state index contributed by atoms with van der Waals surface area (Å²) in [6.07, 6.45) is -2.00. The van der Waals surface area contributed by atoms with Gasteiger partial charge in [-0.05, 0) is 80.2 Å². The molecule has 0 aromatic heterocycles. The van der Waals surface area contributed by atoms with Crippen molar-refractivity contribution in [1.29, 1.82) is 0 Å². The summed E-state index contributed by atoms with van der Waals surface area (Å²) in [7, 11) is 2.75. The number of carbonyl (C=O) groups is 2. The molecule has 6 nitrogen and oxygen atoms in total. The third kappa shape index (κ3) is 7.59. The summed E-state index contributed by atoms with van der Waals surface area (Å²) >= 11 is 6.13. The van der Waals surface area contributed by atoms with Crippen LogP contribution in [-0.4, -0.2) is 79.4 Å². The van der Waals surface area contributed by atoms with Crippen LogP contribution in [0.25, 0.3) is 0 Å². The number of hydrogen-bond acceptors (Lipinski definition) is 4. The fourth-order valence-electron chi connectivity index (χ4n) is 5.97. The van der Waals surface area contributed by atoms with Crippen molar-refractivity contribution in [2.45, 2.75) is 58.2 Å². The maximum Gasteiger partial charge on any atom is 0.419 e. The fraction of sp³-hybridized carbons (Fsp3) is 0.562. The lowest BCUT2D eigenvalue weighted by Gasteiger charge is -2.34. The minimum Gasteiger partial charge on any atom is -0.496 e. The summed E-state index contributed by atoms with van der Waals surface area (Å²) in [5.41, 5.74) is 0.0860. The first-order valence-electron chi connectivity index (χ1n) is 14.5. The average Bonchev–Trinajstić information content (AvgIpc) is 3.40. The van der Waals surface area contributed by atoms with Crippen molar-refractivity contribution in [3.05, 3.63) is 64.2 Å². The van der Waals surface area contributed by atoms with Gasteiger partial charge in [0.05, 0.1) is 18.7 Å². The Bertz CT molecular complexity index is 1250. The number of benzene rings is 2. The first-order chi connectivity index (χ1) is 19.7. The molecule has 2 aliphatic rings. The van der Waals surface area contributed by atoms with Gasteiger partial charge >= 0.3 is 6.18 Å². The molecule has 0 aliphatic carbocycles. The van der Waals surface area contributed by atoms with Crippen LogP contribution in [0.2, 0.25) is 5.02 Å². The number of alkyl halides is 3. The Hall–Kier alpha value is -2.78. The number of amides is 2. The van der Waals surface area contributed by atoms with E-state index in [2.05, 4.69) is 25.7 Å². The normalized spacial score (nSPS) is 20.5. The minimum absolute atomic E-state index is 0.0802. The van der Waals surface area contributed by atoms with E-state index in [1.165, 1.54) is 17.0 Å². The molecule has 2 fully saturated rings. The molecule has 42 heavy (non-hydrogen) atoms. The highest BCUT2D eigenvalue weighted by atomic mass is 35.5. The van der Waals surface area contributed by atoms with Crippen LogP contribution in [-0.2, 0) is 11.0 Å². The molecule has 0 spiro atoms. The summed E-state index contributed by atoms with van der Waals surface area (Å²) in [6.45, 7) is 10.2. The van der Waals surface area contributed by atoms with Gasteiger partial charge in [-0.2, -0.15) is 13.2 Å². The van der Waals surface area contributed by atoms with Crippen molar-refractivity contribution < 1.29 is 27.5 Å². The molecule has 2 aromatic carbocycles. The summed E-state index contributed by atoms with van der Waals surface area (Å²) in [5.74, 6) is -1.11. The fourth-order valence-corrected chi connectivity index (χ4v) is 6.09. The Labute approximate surface area is 251 Å². The van der Waals surface area contributed by atoms with Crippen molar-refractivity contribution in [2.75, 3.05) is 46.9 Å². The molecule has 2 aliphatic heterocycles. The van der Waals surface area contributed by atoms with Crippen LogP contribution in [0.4, 0.5) is 13.2 Å². The van der Waals surface area contributed by atoms with E-state index in [0.717, 1.165) is 57.6 Å². The van der Waals surface area contributed by atoms with Gasteiger partial charge in [0, 0.05) is 42.6 Å². The maximum atomic E-state index is 13.7. The number of methoxy groups -OCH3 is 1. The van der Waals surface area contributed by atoms with E-state index in [-0.39, 0.29) is 34.5 Å².